The Morgan fingerprint density at radius 1 is 1.00 bits per heavy atom. The predicted molar refractivity (Wildman–Crippen MR) is 128 cm³/mol. The predicted octanol–water partition coefficient (Wildman–Crippen LogP) is 4.68. The van der Waals surface area contributed by atoms with Crippen LogP contribution in [0.15, 0.2) is 45.6 Å². The minimum atomic E-state index is -0.576. The summed E-state index contributed by atoms with van der Waals surface area (Å²) in [5, 5.41) is 1.27. The Morgan fingerprint density at radius 3 is 2.55 bits per heavy atom. The highest BCUT2D eigenvalue weighted by Crippen LogP contribution is 2.39. The molecule has 5 rings (SSSR count). The van der Waals surface area contributed by atoms with E-state index >= 15 is 0 Å². The maximum absolute atomic E-state index is 13.6. The largest absolute Gasteiger partial charge is 0.450 e. The molecule has 1 amide bonds. The maximum Gasteiger partial charge on any atom is 0.290 e. The molecule has 0 N–H and O–H groups in total. The number of nitrogens with zero attached hydrogens (tertiary/aromatic N) is 2. The van der Waals surface area contributed by atoms with Crippen LogP contribution < -0.4 is 5.43 Å². The van der Waals surface area contributed by atoms with E-state index in [2.05, 4.69) is 4.90 Å². The van der Waals surface area contributed by atoms with E-state index in [1.165, 1.54) is 0 Å². The second kappa shape index (κ2) is 9.11. The number of benzene rings is 2. The Labute approximate surface area is 201 Å². The monoisotopic (exact) mass is 486 g/mol. The molecule has 2 aliphatic rings. The van der Waals surface area contributed by atoms with Crippen molar-refractivity contribution in [1.82, 2.24) is 9.80 Å². The van der Waals surface area contributed by atoms with Crippen LogP contribution in [0.25, 0.3) is 11.0 Å². The van der Waals surface area contributed by atoms with Gasteiger partial charge in [-0.2, -0.15) is 0 Å². The van der Waals surface area contributed by atoms with Crippen molar-refractivity contribution in [1.29, 1.82) is 0 Å². The second-order valence-electron chi connectivity index (χ2n) is 8.56. The molecule has 1 saturated heterocycles. The summed E-state index contributed by atoms with van der Waals surface area (Å²) in [5.41, 5.74) is 2.29. The van der Waals surface area contributed by atoms with E-state index in [4.69, 9.17) is 32.4 Å². The van der Waals surface area contributed by atoms with Crippen molar-refractivity contribution < 1.29 is 13.9 Å². The molecule has 3 aromatic rings. The number of carbonyl (C=O) groups excluding carboxylic acids is 1. The van der Waals surface area contributed by atoms with Crippen LogP contribution in [-0.4, -0.2) is 55.1 Å². The van der Waals surface area contributed by atoms with Crippen LogP contribution in [0.4, 0.5) is 0 Å². The van der Waals surface area contributed by atoms with Crippen molar-refractivity contribution in [3.05, 3.63) is 79.1 Å². The molecule has 1 aromatic heterocycles. The number of amides is 1. The first kappa shape index (κ1) is 22.4. The van der Waals surface area contributed by atoms with E-state index in [0.717, 1.165) is 50.4 Å². The minimum Gasteiger partial charge on any atom is -0.450 e. The normalized spacial score (nSPS) is 18.8. The Kier molecular flexibility index (Phi) is 6.18. The van der Waals surface area contributed by atoms with Crippen LogP contribution in [0.3, 0.4) is 0 Å². The summed E-state index contributed by atoms with van der Waals surface area (Å²) in [4.78, 5) is 31.1. The number of aryl methyl sites for hydroxylation is 1. The van der Waals surface area contributed by atoms with Gasteiger partial charge in [-0.15, -0.1) is 0 Å². The molecule has 2 aromatic carbocycles. The van der Waals surface area contributed by atoms with Crippen LogP contribution in [0.2, 0.25) is 10.0 Å². The van der Waals surface area contributed by atoms with Gasteiger partial charge < -0.3 is 14.1 Å². The van der Waals surface area contributed by atoms with Gasteiger partial charge in [-0.1, -0.05) is 40.9 Å². The highest BCUT2D eigenvalue weighted by atomic mass is 35.5. The minimum absolute atomic E-state index is 0.110. The molecule has 172 valence electrons. The number of morpholine rings is 1. The summed E-state index contributed by atoms with van der Waals surface area (Å²) in [6, 6.07) is 10.1. The first-order valence-electron chi connectivity index (χ1n) is 11.1. The molecule has 0 aliphatic carbocycles. The van der Waals surface area contributed by atoms with Crippen molar-refractivity contribution in [2.45, 2.75) is 19.4 Å². The zero-order valence-corrected chi connectivity index (χ0v) is 19.8. The maximum atomic E-state index is 13.6. The molecule has 8 heteroatoms. The van der Waals surface area contributed by atoms with Gasteiger partial charge >= 0.3 is 0 Å². The summed E-state index contributed by atoms with van der Waals surface area (Å²) >= 11 is 12.5. The summed E-state index contributed by atoms with van der Waals surface area (Å²) < 4.78 is 11.4. The van der Waals surface area contributed by atoms with Gasteiger partial charge in [0, 0.05) is 26.2 Å². The van der Waals surface area contributed by atoms with E-state index < -0.39 is 6.04 Å². The van der Waals surface area contributed by atoms with Crippen molar-refractivity contribution in [3.8, 4) is 0 Å². The second-order valence-corrected chi connectivity index (χ2v) is 9.37. The number of hydrogen-bond donors (Lipinski definition) is 0. The van der Waals surface area contributed by atoms with Crippen LogP contribution in [-0.2, 0) is 4.74 Å². The number of carbonyl (C=O) groups is 1. The average molecular weight is 487 g/mol. The molecule has 0 spiro atoms. The third-order valence-electron chi connectivity index (χ3n) is 6.36. The summed E-state index contributed by atoms with van der Waals surface area (Å²) in [7, 11) is 0. The summed E-state index contributed by atoms with van der Waals surface area (Å²) in [5.74, 6) is -0.165. The number of rotatable bonds is 5. The van der Waals surface area contributed by atoms with Gasteiger partial charge in [-0.05, 0) is 43.2 Å². The molecule has 1 fully saturated rings. The van der Waals surface area contributed by atoms with E-state index in [0.29, 0.717) is 33.1 Å². The van der Waals surface area contributed by atoms with Gasteiger partial charge in [-0.25, -0.2) is 0 Å². The van der Waals surface area contributed by atoms with Gasteiger partial charge in [-0.3, -0.25) is 14.5 Å². The molecular weight excluding hydrogens is 463 g/mol. The summed E-state index contributed by atoms with van der Waals surface area (Å²) in [6.07, 6.45) is 0.768. The molecule has 2 aliphatic heterocycles. The van der Waals surface area contributed by atoms with E-state index in [1.54, 1.807) is 29.2 Å². The highest BCUT2D eigenvalue weighted by Gasteiger charge is 2.42. The molecule has 33 heavy (non-hydrogen) atoms. The highest BCUT2D eigenvalue weighted by molar-refractivity contribution is 6.42. The zero-order chi connectivity index (χ0) is 23.1. The van der Waals surface area contributed by atoms with Gasteiger partial charge in [0.25, 0.3) is 5.91 Å². The summed E-state index contributed by atoms with van der Waals surface area (Å²) in [6.45, 7) is 6.48. The lowest BCUT2D eigenvalue weighted by Crippen LogP contribution is -2.38. The third kappa shape index (κ3) is 4.17. The fourth-order valence-electron chi connectivity index (χ4n) is 4.68. The topological polar surface area (TPSA) is 63.0 Å². The lowest BCUT2D eigenvalue weighted by atomic mass is 9.98. The molecule has 0 bridgehead atoms. The van der Waals surface area contributed by atoms with Gasteiger partial charge in [0.1, 0.15) is 5.58 Å². The van der Waals surface area contributed by atoms with Crippen LogP contribution in [0.1, 0.15) is 39.7 Å². The quantitative estimate of drug-likeness (QED) is 0.523. The standard InChI is InChI=1S/C25H24Cl2N2O4/c1-15-3-6-20-17(13-15)23(30)21-22(16-4-5-18(26)19(27)14-16)29(25(31)24(21)33-20)8-2-7-28-9-11-32-12-10-28/h3-6,13-14,22H,2,7-12H2,1H3/t22-/m1/s1. The van der Waals surface area contributed by atoms with Crippen LogP contribution in [0.5, 0.6) is 0 Å². The Balaban J connectivity index is 1.56. The first-order chi connectivity index (χ1) is 15.9. The molecule has 3 heterocycles. The average Bonchev–Trinajstić information content (AvgIpc) is 3.09. The third-order valence-corrected chi connectivity index (χ3v) is 7.10. The fraction of sp³-hybridized carbons (Fsp3) is 0.360. The molecular formula is C25H24Cl2N2O4. The lowest BCUT2D eigenvalue weighted by molar-refractivity contribution is 0.0353. The smallest absolute Gasteiger partial charge is 0.290 e. The van der Waals surface area contributed by atoms with Gasteiger partial charge in [0.15, 0.2) is 5.43 Å². The fourth-order valence-corrected chi connectivity index (χ4v) is 4.99. The number of halogens is 2. The van der Waals surface area contributed by atoms with E-state index in [1.807, 2.05) is 19.1 Å². The van der Waals surface area contributed by atoms with Crippen molar-refractivity contribution in [3.63, 3.8) is 0 Å². The zero-order valence-electron chi connectivity index (χ0n) is 18.3. The lowest BCUT2D eigenvalue weighted by Gasteiger charge is -2.29. The first-order valence-corrected chi connectivity index (χ1v) is 11.8. The molecule has 0 saturated carbocycles. The van der Waals surface area contributed by atoms with Crippen molar-refractivity contribution in [2.24, 2.45) is 0 Å². The van der Waals surface area contributed by atoms with Crippen molar-refractivity contribution in [2.75, 3.05) is 39.4 Å². The van der Waals surface area contributed by atoms with E-state index in [-0.39, 0.29) is 17.1 Å². The number of hydrogen-bond acceptors (Lipinski definition) is 5. The van der Waals surface area contributed by atoms with Crippen molar-refractivity contribution >= 4 is 40.1 Å². The number of ether oxygens (including phenoxy) is 1. The Bertz CT molecular complexity index is 1280. The van der Waals surface area contributed by atoms with Gasteiger partial charge in [0.05, 0.1) is 40.3 Å². The molecule has 0 unspecified atom stereocenters. The molecule has 0 radical (unpaired) electrons. The molecule has 1 atom stereocenters. The SMILES string of the molecule is Cc1ccc2oc3c(c(=O)c2c1)[C@@H](c1ccc(Cl)c(Cl)c1)N(CCCN1CCOCC1)C3=O. The molecule has 6 nitrogen and oxygen atoms in total. The van der Waals surface area contributed by atoms with Gasteiger partial charge in [0.2, 0.25) is 5.76 Å². The Hall–Kier alpha value is -2.38. The Morgan fingerprint density at radius 2 is 1.79 bits per heavy atom. The van der Waals surface area contributed by atoms with E-state index in [9.17, 15) is 9.59 Å². The number of fused-ring (bicyclic) bond motifs is 2. The van der Waals surface area contributed by atoms with Crippen LogP contribution >= 0.6 is 23.2 Å². The van der Waals surface area contributed by atoms with Crippen LogP contribution in [0, 0.1) is 6.92 Å².